The van der Waals surface area contributed by atoms with Gasteiger partial charge in [0.15, 0.2) is 0 Å². The van der Waals surface area contributed by atoms with Crippen molar-refractivity contribution in [3.05, 3.63) is 33.9 Å². The zero-order valence-electron chi connectivity index (χ0n) is 9.22. The van der Waals surface area contributed by atoms with E-state index in [4.69, 9.17) is 11.6 Å². The Morgan fingerprint density at radius 1 is 1.53 bits per heavy atom. The second-order valence-corrected chi connectivity index (χ2v) is 4.67. The molecule has 1 fully saturated rings. The standard InChI is InChI=1S/C11H11ClN2O3/c1-7-2-3-9(10(4-7)14(16)17)13-6-8(12)5-11(13)15/h2-4,8H,5-6H2,1H3. The van der Waals surface area contributed by atoms with Crippen molar-refractivity contribution in [3.8, 4) is 0 Å². The van der Waals surface area contributed by atoms with Crippen molar-refractivity contribution in [2.45, 2.75) is 18.7 Å². The molecule has 1 aromatic carbocycles. The van der Waals surface area contributed by atoms with Gasteiger partial charge in [-0.3, -0.25) is 14.9 Å². The van der Waals surface area contributed by atoms with Crippen LogP contribution in [0.4, 0.5) is 11.4 Å². The summed E-state index contributed by atoms with van der Waals surface area (Å²) >= 11 is 5.88. The van der Waals surface area contributed by atoms with Crippen molar-refractivity contribution >= 4 is 28.9 Å². The number of carbonyl (C=O) groups excluding carboxylic acids is 1. The first-order valence-corrected chi connectivity index (χ1v) is 5.62. The van der Waals surface area contributed by atoms with Gasteiger partial charge in [-0.05, 0) is 18.6 Å². The molecule has 90 valence electrons. The van der Waals surface area contributed by atoms with E-state index in [-0.39, 0.29) is 23.4 Å². The fourth-order valence-corrected chi connectivity index (χ4v) is 2.17. The number of carbonyl (C=O) groups is 1. The number of nitrogens with zero attached hydrogens (tertiary/aromatic N) is 2. The molecule has 1 unspecified atom stereocenters. The number of nitro benzene ring substituents is 1. The maximum Gasteiger partial charge on any atom is 0.293 e. The summed E-state index contributed by atoms with van der Waals surface area (Å²) < 4.78 is 0. The molecule has 0 aliphatic carbocycles. The molecule has 1 atom stereocenters. The van der Waals surface area contributed by atoms with Crippen LogP contribution in [0.5, 0.6) is 0 Å². The molecule has 1 aromatic rings. The molecule has 2 rings (SSSR count). The normalized spacial score (nSPS) is 19.8. The zero-order valence-corrected chi connectivity index (χ0v) is 9.98. The van der Waals surface area contributed by atoms with Crippen LogP contribution in [0.25, 0.3) is 0 Å². The highest BCUT2D eigenvalue weighted by Gasteiger charge is 2.33. The van der Waals surface area contributed by atoms with Crippen LogP contribution in [0.1, 0.15) is 12.0 Å². The minimum atomic E-state index is -0.475. The lowest BCUT2D eigenvalue weighted by molar-refractivity contribution is -0.384. The molecule has 0 aromatic heterocycles. The van der Waals surface area contributed by atoms with E-state index in [9.17, 15) is 14.9 Å². The Morgan fingerprint density at radius 2 is 2.24 bits per heavy atom. The third kappa shape index (κ3) is 2.24. The van der Waals surface area contributed by atoms with Gasteiger partial charge in [-0.25, -0.2) is 0 Å². The van der Waals surface area contributed by atoms with Crippen LogP contribution < -0.4 is 4.90 Å². The summed E-state index contributed by atoms with van der Waals surface area (Å²) in [5.41, 5.74) is 1.06. The molecule has 0 bridgehead atoms. The smallest absolute Gasteiger partial charge is 0.293 e. The predicted molar refractivity (Wildman–Crippen MR) is 64.4 cm³/mol. The topological polar surface area (TPSA) is 63.5 Å². The number of nitro groups is 1. The van der Waals surface area contributed by atoms with Gasteiger partial charge in [0, 0.05) is 19.0 Å². The fourth-order valence-electron chi connectivity index (χ4n) is 1.90. The summed E-state index contributed by atoms with van der Waals surface area (Å²) in [5, 5.41) is 10.7. The molecule has 5 nitrogen and oxygen atoms in total. The molecule has 6 heteroatoms. The van der Waals surface area contributed by atoms with Gasteiger partial charge in [-0.2, -0.15) is 0 Å². The van der Waals surface area contributed by atoms with Gasteiger partial charge in [-0.1, -0.05) is 6.07 Å². The van der Waals surface area contributed by atoms with Gasteiger partial charge >= 0.3 is 0 Å². The van der Waals surface area contributed by atoms with Gasteiger partial charge < -0.3 is 4.90 Å². The quantitative estimate of drug-likeness (QED) is 0.462. The Bertz CT molecular complexity index is 490. The second kappa shape index (κ2) is 4.33. The van der Waals surface area contributed by atoms with Gasteiger partial charge in [0.25, 0.3) is 5.69 Å². The van der Waals surface area contributed by atoms with Crippen LogP contribution in [0, 0.1) is 17.0 Å². The van der Waals surface area contributed by atoms with Crippen molar-refractivity contribution in [3.63, 3.8) is 0 Å². The first-order valence-electron chi connectivity index (χ1n) is 5.18. The molecule has 1 aliphatic rings. The molecular weight excluding hydrogens is 244 g/mol. The number of hydrogen-bond donors (Lipinski definition) is 0. The summed E-state index contributed by atoms with van der Waals surface area (Å²) in [5.74, 6) is -0.169. The highest BCUT2D eigenvalue weighted by molar-refractivity contribution is 6.24. The van der Waals surface area contributed by atoms with Crippen molar-refractivity contribution in [1.82, 2.24) is 0 Å². The molecule has 1 saturated heterocycles. The third-order valence-corrected chi connectivity index (χ3v) is 2.99. The largest absolute Gasteiger partial charge is 0.305 e. The molecule has 1 heterocycles. The van der Waals surface area contributed by atoms with E-state index in [1.807, 2.05) is 0 Å². The number of amides is 1. The fraction of sp³-hybridized carbons (Fsp3) is 0.364. The number of hydrogen-bond acceptors (Lipinski definition) is 3. The van der Waals surface area contributed by atoms with Crippen LogP contribution in [-0.4, -0.2) is 22.8 Å². The highest BCUT2D eigenvalue weighted by Crippen LogP contribution is 2.33. The zero-order chi connectivity index (χ0) is 12.6. The van der Waals surface area contributed by atoms with Crippen molar-refractivity contribution in [2.24, 2.45) is 0 Å². The van der Waals surface area contributed by atoms with Crippen LogP contribution in [-0.2, 0) is 4.79 Å². The molecule has 0 N–H and O–H groups in total. The SMILES string of the molecule is Cc1ccc(N2CC(Cl)CC2=O)c([N+](=O)[O-])c1. The summed E-state index contributed by atoms with van der Waals surface area (Å²) in [6.45, 7) is 2.09. The van der Waals surface area contributed by atoms with Crippen LogP contribution >= 0.6 is 11.6 Å². The maximum absolute atomic E-state index is 11.7. The Kier molecular flexibility index (Phi) is 3.02. The van der Waals surface area contributed by atoms with Gasteiger partial charge in [0.05, 0.1) is 10.3 Å². The number of rotatable bonds is 2. The van der Waals surface area contributed by atoms with Crippen LogP contribution in [0.2, 0.25) is 0 Å². The minimum Gasteiger partial charge on any atom is -0.305 e. The lowest BCUT2D eigenvalue weighted by Crippen LogP contribution is -2.25. The second-order valence-electron chi connectivity index (χ2n) is 4.06. The average Bonchev–Trinajstić information content (AvgIpc) is 2.57. The maximum atomic E-state index is 11.7. The van der Waals surface area contributed by atoms with E-state index in [0.717, 1.165) is 5.56 Å². The van der Waals surface area contributed by atoms with E-state index in [0.29, 0.717) is 12.2 Å². The Morgan fingerprint density at radius 3 is 2.76 bits per heavy atom. The number of benzene rings is 1. The lowest BCUT2D eigenvalue weighted by atomic mass is 10.2. The molecule has 0 saturated carbocycles. The highest BCUT2D eigenvalue weighted by atomic mass is 35.5. The third-order valence-electron chi connectivity index (χ3n) is 2.70. The molecular formula is C11H11ClN2O3. The van der Waals surface area contributed by atoms with Crippen molar-refractivity contribution in [1.29, 1.82) is 0 Å². The monoisotopic (exact) mass is 254 g/mol. The van der Waals surface area contributed by atoms with Gasteiger partial charge in [0.1, 0.15) is 5.69 Å². The molecule has 0 radical (unpaired) electrons. The minimum absolute atomic E-state index is 0.0517. The Hall–Kier alpha value is -1.62. The Labute approximate surface area is 103 Å². The number of aryl methyl sites for hydroxylation is 1. The summed E-state index contributed by atoms with van der Waals surface area (Å²) in [4.78, 5) is 23.5. The van der Waals surface area contributed by atoms with E-state index in [1.54, 1.807) is 19.1 Å². The van der Waals surface area contributed by atoms with Gasteiger partial charge in [0.2, 0.25) is 5.91 Å². The number of alkyl halides is 1. The predicted octanol–water partition coefficient (Wildman–Crippen LogP) is 2.25. The van der Waals surface area contributed by atoms with Crippen LogP contribution in [0.3, 0.4) is 0 Å². The van der Waals surface area contributed by atoms with Crippen molar-refractivity contribution < 1.29 is 9.72 Å². The van der Waals surface area contributed by atoms with E-state index < -0.39 is 4.92 Å². The summed E-state index contributed by atoms with van der Waals surface area (Å²) in [7, 11) is 0. The summed E-state index contributed by atoms with van der Waals surface area (Å²) in [6, 6.07) is 4.81. The van der Waals surface area contributed by atoms with E-state index in [1.165, 1.54) is 11.0 Å². The average molecular weight is 255 g/mol. The van der Waals surface area contributed by atoms with Gasteiger partial charge in [-0.15, -0.1) is 11.6 Å². The van der Waals surface area contributed by atoms with E-state index in [2.05, 4.69) is 0 Å². The van der Waals surface area contributed by atoms with Crippen LogP contribution in [0.15, 0.2) is 18.2 Å². The molecule has 1 aliphatic heterocycles. The summed E-state index contributed by atoms with van der Waals surface area (Å²) in [6.07, 6.45) is 0.229. The lowest BCUT2D eigenvalue weighted by Gasteiger charge is -2.16. The van der Waals surface area contributed by atoms with Crippen molar-refractivity contribution in [2.75, 3.05) is 11.4 Å². The number of anilines is 1. The molecule has 0 spiro atoms. The Balaban J connectivity index is 2.45. The first kappa shape index (κ1) is 11.9. The van der Waals surface area contributed by atoms with E-state index >= 15 is 0 Å². The molecule has 17 heavy (non-hydrogen) atoms. The number of halogens is 1. The first-order chi connectivity index (χ1) is 7.99. The molecule has 1 amide bonds.